The standard InChI is InChI=1S/C22H30N8O4S4/c1-15(25-27-21(35)23-17-9-7-11-19(13-17)37(31,32)29(3)4)16(2)26-28-22(36)24-18-10-8-12-20(14-18)38(33,34)30(5)6/h7-14H,1-6H3,(H2,23,27,35)(H2,24,28,36). The lowest BCUT2D eigenvalue weighted by Gasteiger charge is -2.13. The highest BCUT2D eigenvalue weighted by atomic mass is 32.2. The van der Waals surface area contributed by atoms with E-state index in [1.165, 1.54) is 52.5 Å². The second-order valence-corrected chi connectivity index (χ2v) is 13.3. The van der Waals surface area contributed by atoms with Crippen molar-refractivity contribution in [3.8, 4) is 0 Å². The third-order valence-corrected chi connectivity index (χ3v) is 8.92. The zero-order chi connectivity index (χ0) is 28.7. The Morgan fingerprint density at radius 2 is 1.03 bits per heavy atom. The van der Waals surface area contributed by atoms with E-state index in [1.54, 1.807) is 38.1 Å². The van der Waals surface area contributed by atoms with Gasteiger partial charge in [-0.1, -0.05) is 12.1 Å². The van der Waals surface area contributed by atoms with Crippen LogP contribution >= 0.6 is 24.4 Å². The van der Waals surface area contributed by atoms with Gasteiger partial charge in [0.15, 0.2) is 10.2 Å². The van der Waals surface area contributed by atoms with Crippen molar-refractivity contribution in [3.05, 3.63) is 48.5 Å². The van der Waals surface area contributed by atoms with Crippen molar-refractivity contribution < 1.29 is 16.8 Å². The molecule has 2 aromatic rings. The average Bonchev–Trinajstić information content (AvgIpc) is 2.85. The van der Waals surface area contributed by atoms with E-state index in [2.05, 4.69) is 31.7 Å². The van der Waals surface area contributed by atoms with Crippen molar-refractivity contribution in [1.82, 2.24) is 19.5 Å². The monoisotopic (exact) mass is 598 g/mol. The van der Waals surface area contributed by atoms with Gasteiger partial charge in [-0.25, -0.2) is 25.4 Å². The van der Waals surface area contributed by atoms with Crippen LogP contribution in [0.1, 0.15) is 13.8 Å². The summed E-state index contributed by atoms with van der Waals surface area (Å²) in [7, 11) is -1.34. The molecule has 0 aliphatic heterocycles. The zero-order valence-electron chi connectivity index (χ0n) is 21.7. The molecule has 2 rings (SSSR count). The Hall–Kier alpha value is -3.02. The van der Waals surface area contributed by atoms with Crippen molar-refractivity contribution in [2.24, 2.45) is 10.2 Å². The molecule has 0 saturated carbocycles. The molecule has 16 heteroatoms. The minimum atomic E-state index is -3.58. The van der Waals surface area contributed by atoms with Gasteiger partial charge in [-0.3, -0.25) is 10.9 Å². The second-order valence-electron chi connectivity index (χ2n) is 8.16. The third kappa shape index (κ3) is 8.50. The lowest BCUT2D eigenvalue weighted by atomic mass is 10.3. The number of rotatable bonds is 9. The maximum absolute atomic E-state index is 12.3. The van der Waals surface area contributed by atoms with Gasteiger partial charge in [0.2, 0.25) is 20.0 Å². The molecule has 0 spiro atoms. The highest BCUT2D eigenvalue weighted by molar-refractivity contribution is 7.89. The van der Waals surface area contributed by atoms with E-state index in [-0.39, 0.29) is 20.0 Å². The van der Waals surface area contributed by atoms with Crippen LogP contribution in [0.5, 0.6) is 0 Å². The molecular formula is C22H30N8O4S4. The number of thiocarbonyl (C=S) groups is 2. The largest absolute Gasteiger partial charge is 0.331 e. The van der Waals surface area contributed by atoms with Gasteiger partial charge in [-0.05, 0) is 74.7 Å². The lowest BCUT2D eigenvalue weighted by Crippen LogP contribution is -2.28. The fourth-order valence-electron chi connectivity index (χ4n) is 2.64. The highest BCUT2D eigenvalue weighted by Gasteiger charge is 2.18. The Labute approximate surface area is 234 Å². The summed E-state index contributed by atoms with van der Waals surface area (Å²) in [5, 5.41) is 14.4. The van der Waals surface area contributed by atoms with Gasteiger partial charge in [-0.15, -0.1) is 0 Å². The van der Waals surface area contributed by atoms with Gasteiger partial charge in [0.05, 0.1) is 21.2 Å². The molecule has 0 aromatic heterocycles. The number of hydrazone groups is 2. The van der Waals surface area contributed by atoms with E-state index in [9.17, 15) is 16.8 Å². The number of sulfonamides is 2. The van der Waals surface area contributed by atoms with E-state index < -0.39 is 20.0 Å². The molecule has 0 unspecified atom stereocenters. The first-order valence-corrected chi connectivity index (χ1v) is 14.6. The molecule has 4 N–H and O–H groups in total. The Morgan fingerprint density at radius 3 is 1.34 bits per heavy atom. The quantitative estimate of drug-likeness (QED) is 0.192. The number of nitrogens with zero attached hydrogens (tertiary/aromatic N) is 4. The van der Waals surface area contributed by atoms with Gasteiger partial charge in [0, 0.05) is 39.6 Å². The topological polar surface area (TPSA) is 148 Å². The summed E-state index contributed by atoms with van der Waals surface area (Å²) in [5.41, 5.74) is 7.30. The fraction of sp³-hybridized carbons (Fsp3) is 0.273. The fourth-order valence-corrected chi connectivity index (χ4v) is 4.86. The molecule has 0 aliphatic carbocycles. The van der Waals surface area contributed by atoms with Crippen LogP contribution in [0.3, 0.4) is 0 Å². The minimum Gasteiger partial charge on any atom is -0.331 e. The summed E-state index contributed by atoms with van der Waals surface area (Å²) in [5.74, 6) is 0. The second kappa shape index (κ2) is 13.2. The predicted molar refractivity (Wildman–Crippen MR) is 160 cm³/mol. The molecule has 0 atom stereocenters. The molecule has 0 amide bonds. The first kappa shape index (κ1) is 31.2. The molecule has 0 bridgehead atoms. The summed E-state index contributed by atoms with van der Waals surface area (Å²) in [4.78, 5) is 0.249. The molecule has 12 nitrogen and oxygen atoms in total. The van der Waals surface area contributed by atoms with Gasteiger partial charge < -0.3 is 10.6 Å². The van der Waals surface area contributed by atoms with Crippen LogP contribution in [0.15, 0.2) is 68.5 Å². The van der Waals surface area contributed by atoms with Crippen molar-refractivity contribution >= 4 is 77.5 Å². The molecule has 38 heavy (non-hydrogen) atoms. The molecule has 0 heterocycles. The zero-order valence-corrected chi connectivity index (χ0v) is 24.9. The van der Waals surface area contributed by atoms with Gasteiger partial charge in [0.1, 0.15) is 0 Å². The minimum absolute atomic E-state index is 0.125. The molecule has 0 saturated heterocycles. The predicted octanol–water partition coefficient (Wildman–Crippen LogP) is 2.21. The Kier molecular flexibility index (Phi) is 10.8. The normalized spacial score (nSPS) is 12.8. The molecule has 0 radical (unpaired) electrons. The molecular weight excluding hydrogens is 569 g/mol. The smallest absolute Gasteiger partial charge is 0.242 e. The average molecular weight is 599 g/mol. The van der Waals surface area contributed by atoms with Crippen LogP contribution < -0.4 is 21.5 Å². The van der Waals surface area contributed by atoms with E-state index in [4.69, 9.17) is 24.4 Å². The van der Waals surface area contributed by atoms with Gasteiger partial charge in [-0.2, -0.15) is 10.2 Å². The Morgan fingerprint density at radius 1 is 0.684 bits per heavy atom. The molecule has 2 aromatic carbocycles. The first-order valence-electron chi connectivity index (χ1n) is 10.9. The van der Waals surface area contributed by atoms with E-state index in [0.29, 0.717) is 22.8 Å². The third-order valence-electron chi connectivity index (χ3n) is 4.91. The molecule has 0 fully saturated rings. The van der Waals surface area contributed by atoms with Crippen LogP contribution in [-0.2, 0) is 20.0 Å². The van der Waals surface area contributed by atoms with Crippen molar-refractivity contribution in [3.63, 3.8) is 0 Å². The molecule has 0 aliphatic rings. The van der Waals surface area contributed by atoms with Crippen molar-refractivity contribution in [1.29, 1.82) is 0 Å². The first-order chi connectivity index (χ1) is 17.6. The summed E-state index contributed by atoms with van der Waals surface area (Å²) < 4.78 is 51.5. The number of benzene rings is 2. The summed E-state index contributed by atoms with van der Waals surface area (Å²) in [6.45, 7) is 3.40. The summed E-state index contributed by atoms with van der Waals surface area (Å²) in [6.07, 6.45) is 0. The lowest BCUT2D eigenvalue weighted by molar-refractivity contribution is 0.520. The van der Waals surface area contributed by atoms with Gasteiger partial charge in [0.25, 0.3) is 0 Å². The van der Waals surface area contributed by atoms with Crippen LogP contribution in [0.25, 0.3) is 0 Å². The van der Waals surface area contributed by atoms with Gasteiger partial charge >= 0.3 is 0 Å². The van der Waals surface area contributed by atoms with Crippen molar-refractivity contribution in [2.75, 3.05) is 38.8 Å². The van der Waals surface area contributed by atoms with E-state index in [0.717, 1.165) is 8.61 Å². The SMILES string of the molecule is CC(=NNC(=S)Nc1cccc(S(=O)(=O)N(C)C)c1)C(C)=NNC(=S)Nc1cccc(S(=O)(=O)N(C)C)c1. The highest BCUT2D eigenvalue weighted by Crippen LogP contribution is 2.19. The molecule has 206 valence electrons. The number of anilines is 2. The van der Waals surface area contributed by atoms with E-state index in [1.807, 2.05) is 0 Å². The van der Waals surface area contributed by atoms with Crippen LogP contribution in [0.2, 0.25) is 0 Å². The Bertz CT molecular complexity index is 1360. The Balaban J connectivity index is 1.97. The van der Waals surface area contributed by atoms with Crippen LogP contribution in [0.4, 0.5) is 11.4 Å². The summed E-state index contributed by atoms with van der Waals surface area (Å²) in [6, 6.07) is 12.5. The maximum atomic E-state index is 12.3. The number of hydrogen-bond acceptors (Lipinski definition) is 8. The van der Waals surface area contributed by atoms with E-state index >= 15 is 0 Å². The van der Waals surface area contributed by atoms with Crippen LogP contribution in [-0.4, -0.2) is 75.3 Å². The number of hydrogen-bond donors (Lipinski definition) is 4. The van der Waals surface area contributed by atoms with Crippen molar-refractivity contribution in [2.45, 2.75) is 23.6 Å². The number of nitrogens with one attached hydrogen (secondary N) is 4. The summed E-state index contributed by atoms with van der Waals surface area (Å²) >= 11 is 10.5. The van der Waals surface area contributed by atoms with Crippen LogP contribution in [0, 0.1) is 0 Å². The maximum Gasteiger partial charge on any atom is 0.242 e.